The van der Waals surface area contributed by atoms with Gasteiger partial charge in [0.2, 0.25) is 0 Å². The molecule has 7 heteroatoms. The van der Waals surface area contributed by atoms with E-state index in [0.29, 0.717) is 18.8 Å². The van der Waals surface area contributed by atoms with Gasteiger partial charge in [-0.1, -0.05) is 36.4 Å². The van der Waals surface area contributed by atoms with Crippen molar-refractivity contribution in [2.45, 2.75) is 19.9 Å². The number of hydrogen-bond donors (Lipinski definition) is 0. The molecule has 0 unspecified atom stereocenters. The number of benzene rings is 2. The monoisotopic (exact) mass is 457 g/mol. The zero-order valence-corrected chi connectivity index (χ0v) is 20.2. The van der Waals surface area contributed by atoms with Gasteiger partial charge >= 0.3 is 6.03 Å². The number of amides is 2. The highest BCUT2D eigenvalue weighted by Gasteiger charge is 2.30. The number of para-hydroxylation sites is 2. The van der Waals surface area contributed by atoms with Gasteiger partial charge in [0.05, 0.1) is 16.6 Å². The molecule has 1 saturated heterocycles. The van der Waals surface area contributed by atoms with Crippen molar-refractivity contribution in [3.63, 3.8) is 0 Å². The van der Waals surface area contributed by atoms with Crippen LogP contribution in [0.5, 0.6) is 0 Å². The topological polar surface area (TPSA) is 53.7 Å². The van der Waals surface area contributed by atoms with Gasteiger partial charge in [-0.3, -0.25) is 9.36 Å². The Kier molecular flexibility index (Phi) is 5.55. The zero-order chi connectivity index (χ0) is 24.0. The molecule has 5 rings (SSSR count). The molecule has 2 amide bonds. The first-order valence-electron chi connectivity index (χ1n) is 11.8. The van der Waals surface area contributed by atoms with Crippen molar-refractivity contribution >= 4 is 39.6 Å². The van der Waals surface area contributed by atoms with Gasteiger partial charge in [0.25, 0.3) is 5.91 Å². The first kappa shape index (κ1) is 22.1. The van der Waals surface area contributed by atoms with Crippen molar-refractivity contribution in [2.24, 2.45) is 0 Å². The third-order valence-corrected chi connectivity index (χ3v) is 6.66. The van der Waals surface area contributed by atoms with E-state index in [0.717, 1.165) is 35.0 Å². The number of rotatable bonds is 3. The predicted molar refractivity (Wildman–Crippen MR) is 137 cm³/mol. The summed E-state index contributed by atoms with van der Waals surface area (Å²) in [7, 11) is 3.45. The number of aromatic nitrogens is 2. The van der Waals surface area contributed by atoms with Crippen molar-refractivity contribution in [3.8, 4) is 0 Å². The normalized spacial score (nSPS) is 14.4. The Hall–Kier alpha value is -3.74. The van der Waals surface area contributed by atoms with Crippen molar-refractivity contribution in [1.29, 1.82) is 0 Å². The maximum atomic E-state index is 13.8. The van der Waals surface area contributed by atoms with E-state index in [4.69, 9.17) is 0 Å². The van der Waals surface area contributed by atoms with Gasteiger partial charge in [0.1, 0.15) is 5.69 Å². The molecular weight excluding hydrogens is 426 g/mol. The summed E-state index contributed by atoms with van der Waals surface area (Å²) in [6.07, 6.45) is 0. The van der Waals surface area contributed by atoms with Crippen LogP contribution >= 0.6 is 0 Å². The van der Waals surface area contributed by atoms with Crippen molar-refractivity contribution in [3.05, 3.63) is 66.4 Å². The van der Waals surface area contributed by atoms with Gasteiger partial charge in [-0.25, -0.2) is 4.79 Å². The lowest BCUT2D eigenvalue weighted by molar-refractivity contribution is 0.0737. The number of piperazine rings is 1. The van der Waals surface area contributed by atoms with Gasteiger partial charge in [-0.2, -0.15) is 0 Å². The van der Waals surface area contributed by atoms with Crippen molar-refractivity contribution < 1.29 is 9.59 Å². The molecule has 2 aromatic heterocycles. The van der Waals surface area contributed by atoms with Crippen LogP contribution in [0.4, 0.5) is 10.5 Å². The highest BCUT2D eigenvalue weighted by atomic mass is 16.2. The second-order valence-electron chi connectivity index (χ2n) is 9.37. The molecule has 3 heterocycles. The number of carbonyl (C=O) groups excluding carboxylic acids is 2. The van der Waals surface area contributed by atoms with Gasteiger partial charge in [0.15, 0.2) is 0 Å². The van der Waals surface area contributed by atoms with E-state index in [1.165, 1.54) is 10.6 Å². The van der Waals surface area contributed by atoms with Crippen molar-refractivity contribution in [2.75, 3.05) is 45.2 Å². The van der Waals surface area contributed by atoms with E-state index in [-0.39, 0.29) is 18.0 Å². The van der Waals surface area contributed by atoms with E-state index >= 15 is 0 Å². The molecule has 1 aliphatic heterocycles. The van der Waals surface area contributed by atoms with Crippen LogP contribution < -0.4 is 4.90 Å². The summed E-state index contributed by atoms with van der Waals surface area (Å²) in [4.78, 5) is 32.9. The Balaban J connectivity index is 1.57. The molecule has 0 saturated carbocycles. The van der Waals surface area contributed by atoms with E-state index in [2.05, 4.69) is 41.5 Å². The van der Waals surface area contributed by atoms with Crippen LogP contribution in [0.1, 0.15) is 30.4 Å². The summed E-state index contributed by atoms with van der Waals surface area (Å²) in [6, 6.07) is 20.2. The second-order valence-corrected chi connectivity index (χ2v) is 9.37. The number of hydrogen-bond acceptors (Lipinski definition) is 3. The molecule has 0 aliphatic carbocycles. The summed E-state index contributed by atoms with van der Waals surface area (Å²) >= 11 is 0. The lowest BCUT2D eigenvalue weighted by atomic mass is 10.2. The fraction of sp³-hybridized carbons (Fsp3) is 0.333. The Labute approximate surface area is 199 Å². The van der Waals surface area contributed by atoms with E-state index in [1.54, 1.807) is 18.7 Å². The van der Waals surface area contributed by atoms with E-state index < -0.39 is 0 Å². The Bertz CT molecular complexity index is 1360. The summed E-state index contributed by atoms with van der Waals surface area (Å²) in [5.41, 5.74) is 4.38. The Morgan fingerprint density at radius 3 is 2.15 bits per heavy atom. The smallest absolute Gasteiger partial charge is 0.328 e. The minimum Gasteiger partial charge on any atom is -0.368 e. The average molecular weight is 458 g/mol. The maximum absolute atomic E-state index is 13.8. The number of anilines is 1. The Morgan fingerprint density at radius 1 is 0.853 bits per heavy atom. The Morgan fingerprint density at radius 2 is 1.50 bits per heavy atom. The van der Waals surface area contributed by atoms with Gasteiger partial charge < -0.3 is 19.3 Å². The molecule has 0 radical (unpaired) electrons. The summed E-state index contributed by atoms with van der Waals surface area (Å²) in [5.74, 6) is -0.0986. The molecule has 1 fully saturated rings. The van der Waals surface area contributed by atoms with Crippen LogP contribution in [0.25, 0.3) is 21.9 Å². The number of nitrogens with zero attached hydrogens (tertiary/aromatic N) is 5. The molecule has 0 N–H and O–H groups in total. The predicted octanol–water partition coefficient (Wildman–Crippen LogP) is 4.67. The lowest BCUT2D eigenvalue weighted by Crippen LogP contribution is -2.49. The highest BCUT2D eigenvalue weighted by Crippen LogP contribution is 2.35. The third kappa shape index (κ3) is 3.52. The molecule has 1 aliphatic rings. The van der Waals surface area contributed by atoms with E-state index in [1.807, 2.05) is 47.4 Å². The van der Waals surface area contributed by atoms with Crippen LogP contribution in [-0.2, 0) is 0 Å². The minimum atomic E-state index is -0.215. The largest absolute Gasteiger partial charge is 0.368 e. The van der Waals surface area contributed by atoms with Crippen LogP contribution in [0.15, 0.2) is 60.7 Å². The van der Waals surface area contributed by atoms with Crippen LogP contribution in [0, 0.1) is 0 Å². The quantitative estimate of drug-likeness (QED) is 0.449. The fourth-order valence-electron chi connectivity index (χ4n) is 5.03. The molecule has 0 bridgehead atoms. The van der Waals surface area contributed by atoms with Crippen LogP contribution in [-0.4, -0.2) is 71.1 Å². The number of fused-ring (bicyclic) bond motifs is 3. The third-order valence-electron chi connectivity index (χ3n) is 6.66. The average Bonchev–Trinajstić information content (AvgIpc) is 3.38. The second kappa shape index (κ2) is 8.56. The van der Waals surface area contributed by atoms with Crippen LogP contribution in [0.2, 0.25) is 0 Å². The van der Waals surface area contributed by atoms with Crippen LogP contribution in [0.3, 0.4) is 0 Å². The molecular formula is C27H31N5O2. The highest BCUT2D eigenvalue weighted by molar-refractivity contribution is 6.14. The summed E-state index contributed by atoms with van der Waals surface area (Å²) in [6.45, 7) is 7.01. The van der Waals surface area contributed by atoms with Gasteiger partial charge in [-0.15, -0.1) is 0 Å². The zero-order valence-electron chi connectivity index (χ0n) is 20.2. The maximum Gasteiger partial charge on any atom is 0.328 e. The molecule has 176 valence electrons. The first-order valence-corrected chi connectivity index (χ1v) is 11.8. The molecule has 0 atom stereocenters. The molecule has 34 heavy (non-hydrogen) atoms. The summed E-state index contributed by atoms with van der Waals surface area (Å²) < 4.78 is 3.83. The number of carbonyl (C=O) groups is 2. The van der Waals surface area contributed by atoms with E-state index in [9.17, 15) is 9.59 Å². The minimum absolute atomic E-state index is 0.0986. The molecule has 7 nitrogen and oxygen atoms in total. The lowest BCUT2D eigenvalue weighted by Gasteiger charge is -2.36. The SMILES string of the molecule is CC(C)n1c2ccccc2c2c1cc(C(=O)N1CCN(c3ccccc3)CC1)n2C(=O)N(C)C. The molecule has 0 spiro atoms. The van der Waals surface area contributed by atoms with Crippen molar-refractivity contribution in [1.82, 2.24) is 18.9 Å². The standard InChI is InChI=1S/C27H31N5O2/c1-19(2)31-22-13-9-8-12-21(22)25-23(31)18-24(32(25)27(34)28(3)4)26(33)30-16-14-29(15-17-30)20-10-6-5-7-11-20/h5-13,18-19H,14-17H2,1-4H3. The fourth-order valence-corrected chi connectivity index (χ4v) is 5.03. The molecule has 2 aromatic carbocycles. The van der Waals surface area contributed by atoms with Gasteiger partial charge in [0, 0.05) is 57.4 Å². The first-order chi connectivity index (χ1) is 16.4. The summed E-state index contributed by atoms with van der Waals surface area (Å²) in [5, 5.41) is 0.981. The van der Waals surface area contributed by atoms with Gasteiger partial charge in [-0.05, 0) is 38.1 Å². The molecule has 4 aromatic rings.